The van der Waals surface area contributed by atoms with Crippen LogP contribution in [0.1, 0.15) is 44.4 Å². The largest absolute Gasteiger partial charge is 0.302 e. The normalized spacial score (nSPS) is 20.6. The minimum absolute atomic E-state index is 0.567. The first kappa shape index (κ1) is 18.5. The summed E-state index contributed by atoms with van der Waals surface area (Å²) in [7, 11) is 2.20. The van der Waals surface area contributed by atoms with E-state index in [2.05, 4.69) is 95.1 Å². The molecule has 0 aromatic heterocycles. The van der Waals surface area contributed by atoms with Crippen molar-refractivity contribution in [1.82, 2.24) is 4.90 Å². The molecular formula is C23H31N. The van der Waals surface area contributed by atoms with Crippen molar-refractivity contribution in [2.24, 2.45) is 5.92 Å². The van der Waals surface area contributed by atoms with Crippen molar-refractivity contribution >= 4 is 11.1 Å². The molecule has 1 aromatic rings. The molecule has 1 atom stereocenters. The third kappa shape index (κ3) is 4.36. The number of hydrogen-bond donors (Lipinski definition) is 0. The van der Waals surface area contributed by atoms with Gasteiger partial charge in [0, 0.05) is 13.1 Å². The van der Waals surface area contributed by atoms with E-state index in [0.717, 1.165) is 13.1 Å². The van der Waals surface area contributed by atoms with Crippen LogP contribution in [0.2, 0.25) is 0 Å². The highest BCUT2D eigenvalue weighted by Gasteiger charge is 2.20. The average molecular weight is 322 g/mol. The smallest absolute Gasteiger partial charge is 0.0166 e. The van der Waals surface area contributed by atoms with Crippen LogP contribution in [-0.2, 0) is 0 Å². The molecule has 0 radical (unpaired) electrons. The van der Waals surface area contributed by atoms with Gasteiger partial charge in [0.1, 0.15) is 0 Å². The summed E-state index contributed by atoms with van der Waals surface area (Å²) in [6.45, 7) is 13.1. The quantitative estimate of drug-likeness (QED) is 0.625. The van der Waals surface area contributed by atoms with E-state index >= 15 is 0 Å². The van der Waals surface area contributed by atoms with Crippen molar-refractivity contribution in [1.29, 1.82) is 0 Å². The molecule has 0 N–H and O–H groups in total. The third-order valence-electron chi connectivity index (χ3n) is 4.74. The Kier molecular flexibility index (Phi) is 6.39. The van der Waals surface area contributed by atoms with E-state index < -0.39 is 0 Å². The zero-order valence-corrected chi connectivity index (χ0v) is 16.1. The van der Waals surface area contributed by atoms with Gasteiger partial charge in [-0.25, -0.2) is 0 Å². The lowest BCUT2D eigenvalue weighted by molar-refractivity contribution is 0.329. The van der Waals surface area contributed by atoms with Crippen LogP contribution in [0.15, 0.2) is 54.2 Å². The maximum Gasteiger partial charge on any atom is 0.0166 e. The minimum atomic E-state index is 0.567. The summed E-state index contributed by atoms with van der Waals surface area (Å²) in [5.41, 5.74) is 8.25. The van der Waals surface area contributed by atoms with Crippen LogP contribution in [-0.4, -0.2) is 25.0 Å². The van der Waals surface area contributed by atoms with Gasteiger partial charge in [-0.3, -0.25) is 0 Å². The molecule has 0 fully saturated rings. The second-order valence-corrected chi connectivity index (χ2v) is 7.04. The van der Waals surface area contributed by atoms with E-state index in [4.69, 9.17) is 0 Å². The SMILES string of the molecule is C/C=C/C(C)=C/C=C(\C)c1c(C)cccc1C1=CCN(C)CC1C. The molecule has 1 aliphatic rings. The molecular weight excluding hydrogens is 290 g/mol. The van der Waals surface area contributed by atoms with E-state index in [1.165, 1.54) is 33.4 Å². The Morgan fingerprint density at radius 3 is 2.62 bits per heavy atom. The van der Waals surface area contributed by atoms with Gasteiger partial charge in [0.15, 0.2) is 0 Å². The molecule has 0 aliphatic carbocycles. The van der Waals surface area contributed by atoms with Crippen LogP contribution in [0, 0.1) is 12.8 Å². The molecule has 0 bridgehead atoms. The molecule has 24 heavy (non-hydrogen) atoms. The number of aryl methyl sites for hydroxylation is 1. The summed E-state index contributed by atoms with van der Waals surface area (Å²) in [6.07, 6.45) is 11.1. The molecule has 128 valence electrons. The van der Waals surface area contributed by atoms with Crippen molar-refractivity contribution in [2.75, 3.05) is 20.1 Å². The molecule has 0 spiro atoms. The highest BCUT2D eigenvalue weighted by molar-refractivity contribution is 5.82. The predicted octanol–water partition coefficient (Wildman–Crippen LogP) is 5.89. The number of nitrogens with zero attached hydrogens (tertiary/aromatic N) is 1. The molecule has 1 aliphatic heterocycles. The first-order valence-corrected chi connectivity index (χ1v) is 8.90. The Morgan fingerprint density at radius 1 is 1.21 bits per heavy atom. The fourth-order valence-corrected chi connectivity index (χ4v) is 3.56. The Labute approximate surface area is 148 Å². The minimum Gasteiger partial charge on any atom is -0.302 e. The lowest BCUT2D eigenvalue weighted by Crippen LogP contribution is -2.29. The molecule has 0 saturated heterocycles. The maximum absolute atomic E-state index is 2.40. The summed E-state index contributed by atoms with van der Waals surface area (Å²) in [4.78, 5) is 2.38. The van der Waals surface area contributed by atoms with Crippen LogP contribution in [0.4, 0.5) is 0 Å². The molecule has 1 nitrogen and oxygen atoms in total. The van der Waals surface area contributed by atoms with Gasteiger partial charge in [0.05, 0.1) is 0 Å². The van der Waals surface area contributed by atoms with E-state index in [1.807, 2.05) is 0 Å². The number of allylic oxidation sites excluding steroid dienone is 6. The Morgan fingerprint density at radius 2 is 1.96 bits per heavy atom. The number of likely N-dealkylation sites (N-methyl/N-ethyl adjacent to an activating group) is 1. The monoisotopic (exact) mass is 321 g/mol. The number of hydrogen-bond acceptors (Lipinski definition) is 1. The van der Waals surface area contributed by atoms with Crippen LogP contribution in [0.5, 0.6) is 0 Å². The Hall–Kier alpha value is -1.86. The Balaban J connectivity index is 2.48. The van der Waals surface area contributed by atoms with Gasteiger partial charge in [0.2, 0.25) is 0 Å². The summed E-state index contributed by atoms with van der Waals surface area (Å²) in [5.74, 6) is 0.567. The van der Waals surface area contributed by atoms with Gasteiger partial charge in [-0.05, 0) is 68.5 Å². The van der Waals surface area contributed by atoms with Crippen LogP contribution < -0.4 is 0 Å². The van der Waals surface area contributed by atoms with Crippen molar-refractivity contribution in [3.8, 4) is 0 Å². The zero-order chi connectivity index (χ0) is 17.7. The summed E-state index contributed by atoms with van der Waals surface area (Å²) in [5, 5.41) is 0. The highest BCUT2D eigenvalue weighted by Crippen LogP contribution is 2.34. The van der Waals surface area contributed by atoms with Gasteiger partial charge in [-0.15, -0.1) is 0 Å². The molecule has 1 aromatic carbocycles. The maximum atomic E-state index is 2.40. The molecule has 0 amide bonds. The van der Waals surface area contributed by atoms with Crippen molar-refractivity contribution in [3.63, 3.8) is 0 Å². The summed E-state index contributed by atoms with van der Waals surface area (Å²) < 4.78 is 0. The lowest BCUT2D eigenvalue weighted by atomic mass is 9.84. The van der Waals surface area contributed by atoms with Crippen molar-refractivity contribution in [2.45, 2.75) is 34.6 Å². The van der Waals surface area contributed by atoms with E-state index in [1.54, 1.807) is 0 Å². The third-order valence-corrected chi connectivity index (χ3v) is 4.74. The molecule has 1 heteroatoms. The average Bonchev–Trinajstić information content (AvgIpc) is 2.53. The van der Waals surface area contributed by atoms with Crippen LogP contribution in [0.25, 0.3) is 11.1 Å². The second kappa shape index (κ2) is 8.30. The fraction of sp³-hybridized carbons (Fsp3) is 0.391. The Bertz CT molecular complexity index is 701. The molecule has 0 saturated carbocycles. The van der Waals surface area contributed by atoms with Gasteiger partial charge in [-0.2, -0.15) is 0 Å². The topological polar surface area (TPSA) is 3.24 Å². The number of rotatable bonds is 4. The fourth-order valence-electron chi connectivity index (χ4n) is 3.56. The van der Waals surface area contributed by atoms with Gasteiger partial charge >= 0.3 is 0 Å². The summed E-state index contributed by atoms with van der Waals surface area (Å²) in [6, 6.07) is 6.70. The second-order valence-electron chi connectivity index (χ2n) is 7.04. The summed E-state index contributed by atoms with van der Waals surface area (Å²) >= 11 is 0. The van der Waals surface area contributed by atoms with Crippen molar-refractivity contribution in [3.05, 3.63) is 70.8 Å². The molecule has 1 heterocycles. The van der Waals surface area contributed by atoms with E-state index in [9.17, 15) is 0 Å². The number of benzene rings is 1. The standard InChI is InChI=1S/C23H31N/c1-7-9-17(2)12-13-19(4)23-18(3)10-8-11-22(23)21-14-15-24(6)16-20(21)5/h7-14,20H,15-16H2,1-6H3/b9-7+,17-12+,19-13+. The van der Waals surface area contributed by atoms with Crippen molar-refractivity contribution < 1.29 is 0 Å². The van der Waals surface area contributed by atoms with Crippen LogP contribution >= 0.6 is 0 Å². The highest BCUT2D eigenvalue weighted by atomic mass is 15.1. The zero-order valence-electron chi connectivity index (χ0n) is 16.1. The van der Waals surface area contributed by atoms with Gasteiger partial charge in [0.25, 0.3) is 0 Å². The first-order chi connectivity index (χ1) is 11.4. The first-order valence-electron chi connectivity index (χ1n) is 8.90. The van der Waals surface area contributed by atoms with E-state index in [-0.39, 0.29) is 0 Å². The van der Waals surface area contributed by atoms with E-state index in [0.29, 0.717) is 5.92 Å². The lowest BCUT2D eigenvalue weighted by Gasteiger charge is -2.29. The van der Waals surface area contributed by atoms with Gasteiger partial charge < -0.3 is 4.90 Å². The molecule has 2 rings (SSSR count). The van der Waals surface area contributed by atoms with Gasteiger partial charge in [-0.1, -0.05) is 61.1 Å². The van der Waals surface area contributed by atoms with Crippen LogP contribution in [0.3, 0.4) is 0 Å². The molecule has 1 unspecified atom stereocenters. The predicted molar refractivity (Wildman–Crippen MR) is 108 cm³/mol.